The molecule has 3 rings (SSSR count). The third-order valence-electron chi connectivity index (χ3n) is 4.57. The molecule has 0 spiro atoms. The van der Waals surface area contributed by atoms with Crippen LogP contribution in [0.5, 0.6) is 0 Å². The lowest BCUT2D eigenvalue weighted by Crippen LogP contribution is -2.31. The zero-order valence-corrected chi connectivity index (χ0v) is 18.5. The van der Waals surface area contributed by atoms with E-state index in [1.165, 1.54) is 42.5 Å². The third kappa shape index (κ3) is 5.58. The highest BCUT2D eigenvalue weighted by atomic mass is 35.5. The number of sulfonamides is 1. The number of benzene rings is 2. The molecule has 2 N–H and O–H groups in total. The molecule has 0 aliphatic carbocycles. The SMILES string of the molecule is CS(=O)(=O)c1ccc(Cl)c(NC(=O)c2ccc(S(=O)(=O)NC[C@H]3CCCO3)cc2)c1. The highest BCUT2D eigenvalue weighted by molar-refractivity contribution is 7.90. The maximum atomic E-state index is 12.5. The van der Waals surface area contributed by atoms with Crippen molar-refractivity contribution in [3.05, 3.63) is 53.1 Å². The fourth-order valence-corrected chi connectivity index (χ4v) is 4.78. The van der Waals surface area contributed by atoms with Crippen LogP contribution in [0.3, 0.4) is 0 Å². The molecule has 8 nitrogen and oxygen atoms in total. The molecule has 0 radical (unpaired) electrons. The van der Waals surface area contributed by atoms with E-state index in [-0.39, 0.29) is 38.7 Å². The van der Waals surface area contributed by atoms with E-state index in [2.05, 4.69) is 10.0 Å². The van der Waals surface area contributed by atoms with Crippen LogP contribution in [0.1, 0.15) is 23.2 Å². The van der Waals surface area contributed by atoms with Gasteiger partial charge in [-0.2, -0.15) is 0 Å². The molecular weight excluding hydrogens is 452 g/mol. The first-order valence-corrected chi connectivity index (χ1v) is 12.8. The van der Waals surface area contributed by atoms with Crippen molar-refractivity contribution in [2.24, 2.45) is 0 Å². The first-order chi connectivity index (χ1) is 14.1. The predicted octanol–water partition coefficient (Wildman–Crippen LogP) is 2.45. The lowest BCUT2D eigenvalue weighted by atomic mass is 10.2. The summed E-state index contributed by atoms with van der Waals surface area (Å²) in [6, 6.07) is 9.36. The Hall–Kier alpha value is -1.98. The molecular formula is C19H21ClN2O6S2. The normalized spacial score (nSPS) is 17.1. The second-order valence-electron chi connectivity index (χ2n) is 6.88. The Morgan fingerprint density at radius 2 is 1.77 bits per heavy atom. The Morgan fingerprint density at radius 3 is 2.37 bits per heavy atom. The number of ether oxygens (including phenoxy) is 1. The summed E-state index contributed by atoms with van der Waals surface area (Å²) in [6.07, 6.45) is 2.64. The molecule has 1 amide bonds. The van der Waals surface area contributed by atoms with Gasteiger partial charge < -0.3 is 10.1 Å². The first kappa shape index (κ1) is 22.7. The van der Waals surface area contributed by atoms with E-state index in [0.717, 1.165) is 19.1 Å². The van der Waals surface area contributed by atoms with Crippen molar-refractivity contribution >= 4 is 43.1 Å². The molecule has 1 heterocycles. The van der Waals surface area contributed by atoms with Crippen LogP contribution < -0.4 is 10.0 Å². The topological polar surface area (TPSA) is 119 Å². The van der Waals surface area contributed by atoms with E-state index in [0.29, 0.717) is 6.61 Å². The van der Waals surface area contributed by atoms with Crippen molar-refractivity contribution in [2.75, 3.05) is 24.7 Å². The van der Waals surface area contributed by atoms with Gasteiger partial charge in [-0.05, 0) is 55.3 Å². The zero-order chi connectivity index (χ0) is 21.9. The van der Waals surface area contributed by atoms with Gasteiger partial charge in [0.1, 0.15) is 0 Å². The third-order valence-corrected chi connectivity index (χ3v) is 7.45. The molecule has 30 heavy (non-hydrogen) atoms. The summed E-state index contributed by atoms with van der Waals surface area (Å²) >= 11 is 6.04. The molecule has 0 saturated carbocycles. The van der Waals surface area contributed by atoms with Crippen LogP contribution in [0.2, 0.25) is 5.02 Å². The fourth-order valence-electron chi connectivity index (χ4n) is 2.90. The first-order valence-electron chi connectivity index (χ1n) is 9.08. The van der Waals surface area contributed by atoms with Crippen molar-refractivity contribution in [3.8, 4) is 0 Å². The molecule has 0 unspecified atom stereocenters. The summed E-state index contributed by atoms with van der Waals surface area (Å²) in [4.78, 5) is 12.5. The number of sulfone groups is 1. The summed E-state index contributed by atoms with van der Waals surface area (Å²) in [5.74, 6) is -0.557. The van der Waals surface area contributed by atoms with Gasteiger partial charge in [-0.3, -0.25) is 4.79 Å². The molecule has 1 fully saturated rings. The van der Waals surface area contributed by atoms with Crippen LogP contribution in [-0.4, -0.2) is 48.3 Å². The van der Waals surface area contributed by atoms with E-state index in [1.54, 1.807) is 0 Å². The minimum absolute atomic E-state index is 0.0148. The highest BCUT2D eigenvalue weighted by Gasteiger charge is 2.21. The minimum Gasteiger partial charge on any atom is -0.377 e. The second-order valence-corrected chi connectivity index (χ2v) is 11.1. The Morgan fingerprint density at radius 1 is 1.10 bits per heavy atom. The number of hydrogen-bond acceptors (Lipinski definition) is 6. The molecule has 11 heteroatoms. The van der Waals surface area contributed by atoms with Gasteiger partial charge in [-0.15, -0.1) is 0 Å². The molecule has 1 atom stereocenters. The number of anilines is 1. The summed E-state index contributed by atoms with van der Waals surface area (Å²) < 4.78 is 56.1. The Balaban J connectivity index is 1.71. The number of nitrogens with one attached hydrogen (secondary N) is 2. The summed E-state index contributed by atoms with van der Waals surface area (Å²) in [7, 11) is -7.20. The van der Waals surface area contributed by atoms with Crippen LogP contribution in [0.25, 0.3) is 0 Å². The van der Waals surface area contributed by atoms with Crippen LogP contribution in [-0.2, 0) is 24.6 Å². The molecule has 1 saturated heterocycles. The monoisotopic (exact) mass is 472 g/mol. The van der Waals surface area contributed by atoms with Crippen LogP contribution >= 0.6 is 11.6 Å². The number of amides is 1. The van der Waals surface area contributed by atoms with Crippen molar-refractivity contribution in [1.82, 2.24) is 4.72 Å². The van der Waals surface area contributed by atoms with Crippen molar-refractivity contribution in [1.29, 1.82) is 0 Å². The van der Waals surface area contributed by atoms with Crippen molar-refractivity contribution in [2.45, 2.75) is 28.7 Å². The Kier molecular flexibility index (Phi) is 6.83. The van der Waals surface area contributed by atoms with E-state index < -0.39 is 25.8 Å². The number of carbonyl (C=O) groups is 1. The number of carbonyl (C=O) groups excluding carboxylic acids is 1. The van der Waals surface area contributed by atoms with Crippen LogP contribution in [0.4, 0.5) is 5.69 Å². The van der Waals surface area contributed by atoms with Gasteiger partial charge in [0.25, 0.3) is 5.91 Å². The second kappa shape index (κ2) is 9.03. The number of halogens is 1. The molecule has 162 valence electrons. The lowest BCUT2D eigenvalue weighted by molar-refractivity contribution is 0.102. The fraction of sp³-hybridized carbons (Fsp3) is 0.316. The van der Waals surface area contributed by atoms with Crippen LogP contribution in [0, 0.1) is 0 Å². The Labute approximate surface area is 180 Å². The molecule has 0 aromatic heterocycles. The lowest BCUT2D eigenvalue weighted by Gasteiger charge is -2.12. The number of rotatable bonds is 7. The predicted molar refractivity (Wildman–Crippen MR) is 113 cm³/mol. The summed E-state index contributed by atoms with van der Waals surface area (Å²) in [6.45, 7) is 0.826. The van der Waals surface area contributed by atoms with Gasteiger partial charge >= 0.3 is 0 Å². The Bertz CT molecular complexity index is 1140. The smallest absolute Gasteiger partial charge is 0.255 e. The van der Waals surface area contributed by atoms with Gasteiger partial charge in [0.2, 0.25) is 10.0 Å². The minimum atomic E-state index is -3.73. The van der Waals surface area contributed by atoms with E-state index in [1.807, 2.05) is 0 Å². The maximum Gasteiger partial charge on any atom is 0.255 e. The standard InChI is InChI=1S/C19H21ClN2O6S2/c1-29(24,25)16-8-9-17(20)18(11-16)22-19(23)13-4-6-15(7-5-13)30(26,27)21-12-14-3-2-10-28-14/h4-9,11,14,21H,2-3,10,12H2,1H3,(H,22,23)/t14-/m1/s1. The van der Waals surface area contributed by atoms with Gasteiger partial charge in [-0.1, -0.05) is 11.6 Å². The van der Waals surface area contributed by atoms with Crippen molar-refractivity contribution < 1.29 is 26.4 Å². The van der Waals surface area contributed by atoms with Crippen molar-refractivity contribution in [3.63, 3.8) is 0 Å². The quantitative estimate of drug-likeness (QED) is 0.638. The maximum absolute atomic E-state index is 12.5. The van der Waals surface area contributed by atoms with E-state index >= 15 is 0 Å². The van der Waals surface area contributed by atoms with Gasteiger partial charge in [-0.25, -0.2) is 21.6 Å². The van der Waals surface area contributed by atoms with Gasteiger partial charge in [0, 0.05) is 25.0 Å². The van der Waals surface area contributed by atoms with E-state index in [4.69, 9.17) is 16.3 Å². The summed E-state index contributed by atoms with van der Waals surface area (Å²) in [5.41, 5.74) is 0.327. The average Bonchev–Trinajstić information content (AvgIpc) is 3.21. The molecule has 2 aromatic rings. The molecule has 2 aromatic carbocycles. The highest BCUT2D eigenvalue weighted by Crippen LogP contribution is 2.26. The largest absolute Gasteiger partial charge is 0.377 e. The van der Waals surface area contributed by atoms with Gasteiger partial charge in [0.15, 0.2) is 9.84 Å². The van der Waals surface area contributed by atoms with Gasteiger partial charge in [0.05, 0.1) is 26.6 Å². The molecule has 1 aliphatic heterocycles. The summed E-state index contributed by atoms with van der Waals surface area (Å²) in [5, 5.41) is 2.72. The zero-order valence-electron chi connectivity index (χ0n) is 16.1. The number of hydrogen-bond donors (Lipinski definition) is 2. The average molecular weight is 473 g/mol. The molecule has 1 aliphatic rings. The van der Waals surface area contributed by atoms with Crippen LogP contribution in [0.15, 0.2) is 52.3 Å². The van der Waals surface area contributed by atoms with E-state index in [9.17, 15) is 21.6 Å². The molecule has 0 bridgehead atoms.